The molecule has 3 rings (SSSR count). The van der Waals surface area contributed by atoms with Crippen molar-refractivity contribution in [2.45, 2.75) is 19.2 Å². The molecule has 0 saturated carbocycles. The third-order valence-corrected chi connectivity index (χ3v) is 3.93. The molecule has 1 aromatic carbocycles. The quantitative estimate of drug-likeness (QED) is 0.645. The number of nitrogens with zero attached hydrogens (tertiary/aromatic N) is 2. The first-order valence-corrected chi connectivity index (χ1v) is 7.36. The molecule has 0 amide bonds. The van der Waals surface area contributed by atoms with Gasteiger partial charge in [0.1, 0.15) is 5.65 Å². The second-order valence-electron chi connectivity index (χ2n) is 4.80. The van der Waals surface area contributed by atoms with E-state index >= 15 is 0 Å². The van der Waals surface area contributed by atoms with Crippen LogP contribution in [0.1, 0.15) is 22.6 Å². The molecular weight excluding hydrogens is 291 g/mol. The summed E-state index contributed by atoms with van der Waals surface area (Å²) in [5.41, 5.74) is 5.37. The predicted octanol–water partition coefficient (Wildman–Crippen LogP) is 4.63. The number of rotatable bonds is 3. The second kappa shape index (κ2) is 5.47. The molecule has 2 aromatic heterocycles. The molecule has 0 aliphatic rings. The van der Waals surface area contributed by atoms with Gasteiger partial charge in [0.25, 0.3) is 0 Å². The molecule has 0 unspecified atom stereocenters. The van der Waals surface area contributed by atoms with Crippen LogP contribution in [0.3, 0.4) is 0 Å². The lowest BCUT2D eigenvalue weighted by Gasteiger charge is -2.04. The summed E-state index contributed by atoms with van der Waals surface area (Å²) >= 11 is 12.1. The summed E-state index contributed by atoms with van der Waals surface area (Å²) < 4.78 is 2.12. The van der Waals surface area contributed by atoms with Crippen LogP contribution in [0.15, 0.2) is 42.5 Å². The first-order valence-electron chi connectivity index (χ1n) is 6.45. The van der Waals surface area contributed by atoms with Crippen molar-refractivity contribution in [3.63, 3.8) is 0 Å². The number of fused-ring (bicyclic) bond motifs is 1. The molecule has 0 N–H and O–H groups in total. The van der Waals surface area contributed by atoms with E-state index in [0.29, 0.717) is 5.88 Å². The van der Waals surface area contributed by atoms with Crippen LogP contribution in [-0.2, 0) is 12.3 Å². The molecular formula is C16H14Cl2N2. The molecule has 0 spiro atoms. The maximum absolute atomic E-state index is 6.13. The van der Waals surface area contributed by atoms with Gasteiger partial charge in [0.15, 0.2) is 0 Å². The van der Waals surface area contributed by atoms with E-state index in [0.717, 1.165) is 34.2 Å². The van der Waals surface area contributed by atoms with Gasteiger partial charge < -0.3 is 0 Å². The zero-order chi connectivity index (χ0) is 14.1. The molecule has 0 aliphatic heterocycles. The van der Waals surface area contributed by atoms with Crippen molar-refractivity contribution in [3.8, 4) is 0 Å². The third kappa shape index (κ3) is 2.41. The van der Waals surface area contributed by atoms with Crippen molar-refractivity contribution in [2.24, 2.45) is 0 Å². The number of aryl methyl sites for hydroxylation is 1. The van der Waals surface area contributed by atoms with Crippen molar-refractivity contribution in [3.05, 3.63) is 70.1 Å². The maximum atomic E-state index is 6.13. The Morgan fingerprint density at radius 1 is 1.10 bits per heavy atom. The van der Waals surface area contributed by atoms with E-state index < -0.39 is 0 Å². The summed E-state index contributed by atoms with van der Waals surface area (Å²) in [5.74, 6) is 0.453. The second-order valence-corrected chi connectivity index (χ2v) is 5.51. The van der Waals surface area contributed by atoms with E-state index in [-0.39, 0.29) is 0 Å². The average molecular weight is 305 g/mol. The molecule has 0 saturated heterocycles. The number of hydrogen-bond acceptors (Lipinski definition) is 1. The Balaban J connectivity index is 2.07. The van der Waals surface area contributed by atoms with Crippen molar-refractivity contribution in [1.29, 1.82) is 0 Å². The lowest BCUT2D eigenvalue weighted by molar-refractivity contribution is 0.996. The number of benzene rings is 1. The van der Waals surface area contributed by atoms with Crippen LogP contribution in [0.4, 0.5) is 0 Å². The molecule has 4 heteroatoms. The molecule has 3 aromatic rings. The lowest BCUT2D eigenvalue weighted by atomic mass is 10.1. The molecule has 102 valence electrons. The smallest absolute Gasteiger partial charge is 0.137 e. The van der Waals surface area contributed by atoms with Crippen LogP contribution in [0.5, 0.6) is 0 Å². The van der Waals surface area contributed by atoms with E-state index in [9.17, 15) is 0 Å². The Morgan fingerprint density at radius 2 is 1.85 bits per heavy atom. The zero-order valence-corrected chi connectivity index (χ0v) is 12.6. The third-order valence-electron chi connectivity index (χ3n) is 3.43. The number of halogens is 2. The summed E-state index contributed by atoms with van der Waals surface area (Å²) in [7, 11) is 0. The summed E-state index contributed by atoms with van der Waals surface area (Å²) in [6, 6.07) is 13.9. The Kier molecular flexibility index (Phi) is 3.68. The fourth-order valence-electron chi connectivity index (χ4n) is 2.45. The molecule has 0 atom stereocenters. The summed E-state index contributed by atoms with van der Waals surface area (Å²) in [4.78, 5) is 4.71. The Hall–Kier alpha value is -1.51. The average Bonchev–Trinajstić information content (AvgIpc) is 2.80. The van der Waals surface area contributed by atoms with Crippen LogP contribution in [0, 0.1) is 6.92 Å². The van der Waals surface area contributed by atoms with Crippen molar-refractivity contribution >= 4 is 28.8 Å². The van der Waals surface area contributed by atoms with Crippen LogP contribution >= 0.6 is 23.2 Å². The largest absolute Gasteiger partial charge is 0.300 e. The van der Waals surface area contributed by atoms with Gasteiger partial charge >= 0.3 is 0 Å². The van der Waals surface area contributed by atoms with Gasteiger partial charge in [0.05, 0.1) is 17.3 Å². The number of imidazole rings is 1. The number of aromatic nitrogens is 2. The highest BCUT2D eigenvalue weighted by molar-refractivity contribution is 6.30. The standard InChI is InChI=1S/C16H14Cl2N2/c1-11-3-2-4-16-19-14(15(10-17)20(11)16)9-12-5-7-13(18)8-6-12/h2-8H,9-10H2,1H3. The minimum Gasteiger partial charge on any atom is -0.300 e. The van der Waals surface area contributed by atoms with E-state index in [4.69, 9.17) is 28.2 Å². The van der Waals surface area contributed by atoms with Crippen LogP contribution < -0.4 is 0 Å². The minimum atomic E-state index is 0.453. The minimum absolute atomic E-state index is 0.453. The number of pyridine rings is 1. The normalized spacial score (nSPS) is 11.2. The SMILES string of the molecule is Cc1cccc2nc(Cc3ccc(Cl)cc3)c(CCl)n12. The highest BCUT2D eigenvalue weighted by Crippen LogP contribution is 2.21. The highest BCUT2D eigenvalue weighted by Gasteiger charge is 2.12. The van der Waals surface area contributed by atoms with E-state index in [1.807, 2.05) is 36.4 Å². The Morgan fingerprint density at radius 3 is 2.55 bits per heavy atom. The van der Waals surface area contributed by atoms with Gasteiger partial charge in [-0.3, -0.25) is 4.40 Å². The first-order chi connectivity index (χ1) is 9.69. The Bertz CT molecular complexity index is 745. The summed E-state index contributed by atoms with van der Waals surface area (Å²) in [5, 5.41) is 0.747. The van der Waals surface area contributed by atoms with Crippen LogP contribution in [0.25, 0.3) is 5.65 Å². The van der Waals surface area contributed by atoms with Crippen LogP contribution in [0.2, 0.25) is 5.02 Å². The molecule has 0 bridgehead atoms. The summed E-state index contributed by atoms with van der Waals surface area (Å²) in [6.45, 7) is 2.07. The van der Waals surface area contributed by atoms with E-state index in [2.05, 4.69) is 17.4 Å². The molecule has 0 fully saturated rings. The monoisotopic (exact) mass is 304 g/mol. The van der Waals surface area contributed by atoms with Crippen LogP contribution in [-0.4, -0.2) is 9.38 Å². The van der Waals surface area contributed by atoms with Gasteiger partial charge in [-0.05, 0) is 36.8 Å². The van der Waals surface area contributed by atoms with Crippen molar-refractivity contribution < 1.29 is 0 Å². The van der Waals surface area contributed by atoms with Gasteiger partial charge in [-0.15, -0.1) is 11.6 Å². The Labute approximate surface area is 128 Å². The molecule has 20 heavy (non-hydrogen) atoms. The van der Waals surface area contributed by atoms with Crippen molar-refractivity contribution in [2.75, 3.05) is 0 Å². The van der Waals surface area contributed by atoms with E-state index in [1.165, 1.54) is 5.56 Å². The lowest BCUT2D eigenvalue weighted by Crippen LogP contribution is -1.98. The molecule has 2 heterocycles. The fourth-order valence-corrected chi connectivity index (χ4v) is 2.85. The molecule has 0 aliphatic carbocycles. The van der Waals surface area contributed by atoms with Gasteiger partial charge in [0, 0.05) is 17.1 Å². The van der Waals surface area contributed by atoms with Gasteiger partial charge in [0.2, 0.25) is 0 Å². The van der Waals surface area contributed by atoms with Gasteiger partial charge in [-0.1, -0.05) is 29.8 Å². The fraction of sp³-hybridized carbons (Fsp3) is 0.188. The first kappa shape index (κ1) is 13.5. The molecule has 2 nitrogen and oxygen atoms in total. The maximum Gasteiger partial charge on any atom is 0.137 e. The zero-order valence-electron chi connectivity index (χ0n) is 11.1. The van der Waals surface area contributed by atoms with Gasteiger partial charge in [-0.2, -0.15) is 0 Å². The van der Waals surface area contributed by atoms with Crippen molar-refractivity contribution in [1.82, 2.24) is 9.38 Å². The topological polar surface area (TPSA) is 17.3 Å². The van der Waals surface area contributed by atoms with E-state index in [1.54, 1.807) is 0 Å². The molecule has 0 radical (unpaired) electrons. The van der Waals surface area contributed by atoms with Gasteiger partial charge in [-0.25, -0.2) is 4.98 Å². The number of alkyl halides is 1. The summed E-state index contributed by atoms with van der Waals surface area (Å²) in [6.07, 6.45) is 0.764. The predicted molar refractivity (Wildman–Crippen MR) is 83.7 cm³/mol. The highest BCUT2D eigenvalue weighted by atomic mass is 35.5. The number of hydrogen-bond donors (Lipinski definition) is 0.